The first-order valence-electron chi connectivity index (χ1n) is 10.3. The number of benzene rings is 1. The molecule has 3 N–H and O–H groups in total. The Labute approximate surface area is 187 Å². The molecular formula is C22H20N6O5. The third-order valence-corrected chi connectivity index (χ3v) is 5.04. The maximum Gasteiger partial charge on any atom is 0.274 e. The molecule has 0 spiro atoms. The summed E-state index contributed by atoms with van der Waals surface area (Å²) in [5, 5.41) is 16.7. The molecule has 4 aromatic rings. The van der Waals surface area contributed by atoms with Crippen LogP contribution in [-0.4, -0.2) is 38.6 Å². The van der Waals surface area contributed by atoms with E-state index in [9.17, 15) is 9.59 Å². The van der Waals surface area contributed by atoms with Gasteiger partial charge >= 0.3 is 0 Å². The molecule has 2 amide bonds. The fourth-order valence-electron chi connectivity index (χ4n) is 3.34. The van der Waals surface area contributed by atoms with Crippen molar-refractivity contribution in [3.8, 4) is 22.8 Å². The number of carbonyl (C=O) groups excluding carboxylic acids is 2. The van der Waals surface area contributed by atoms with Crippen LogP contribution in [0.25, 0.3) is 11.3 Å². The third kappa shape index (κ3) is 4.15. The number of anilines is 1. The van der Waals surface area contributed by atoms with Crippen molar-refractivity contribution in [2.24, 2.45) is 0 Å². The lowest BCUT2D eigenvalue weighted by Crippen LogP contribution is -2.25. The summed E-state index contributed by atoms with van der Waals surface area (Å²) in [7, 11) is 0. The Bertz CT molecular complexity index is 1310. The van der Waals surface area contributed by atoms with Crippen LogP contribution in [0.5, 0.6) is 11.5 Å². The van der Waals surface area contributed by atoms with Gasteiger partial charge in [-0.15, -0.1) is 0 Å². The van der Waals surface area contributed by atoms with Gasteiger partial charge in [-0.3, -0.25) is 19.4 Å². The van der Waals surface area contributed by atoms with Gasteiger partial charge in [0.1, 0.15) is 11.5 Å². The largest absolute Gasteiger partial charge is 0.467 e. The van der Waals surface area contributed by atoms with E-state index in [0.717, 1.165) is 5.56 Å². The van der Waals surface area contributed by atoms with E-state index in [2.05, 4.69) is 25.9 Å². The highest BCUT2D eigenvalue weighted by Gasteiger charge is 2.21. The lowest BCUT2D eigenvalue weighted by molar-refractivity contribution is 0.0943. The molecule has 4 heterocycles. The first-order valence-corrected chi connectivity index (χ1v) is 10.3. The molecular weight excluding hydrogens is 428 g/mol. The molecule has 1 aromatic carbocycles. The minimum atomic E-state index is -0.453. The standard InChI is InChI=1S/C22H20N6O5/c1-2-28-11-17(20(27-28)22(30)23-10-14-4-3-7-31-14)24-21(29)16-9-15(25-26-16)13-5-6-18-19(8-13)33-12-32-18/h3-9,11H,2,10,12H2,1H3,(H,23,30)(H,24,29)(H,25,26). The Morgan fingerprint density at radius 3 is 2.85 bits per heavy atom. The van der Waals surface area contributed by atoms with E-state index in [1.54, 1.807) is 41.2 Å². The number of aromatic nitrogens is 4. The molecule has 0 radical (unpaired) electrons. The Kier molecular flexibility index (Phi) is 5.27. The van der Waals surface area contributed by atoms with Gasteiger partial charge in [0.05, 0.1) is 24.2 Å². The number of nitrogens with one attached hydrogen (secondary N) is 3. The van der Waals surface area contributed by atoms with Gasteiger partial charge in [-0.2, -0.15) is 10.2 Å². The maximum atomic E-state index is 12.9. The molecule has 0 fully saturated rings. The number of amides is 2. The molecule has 1 aliphatic rings. The van der Waals surface area contributed by atoms with Gasteiger partial charge in [-0.25, -0.2) is 0 Å². The highest BCUT2D eigenvalue weighted by Crippen LogP contribution is 2.35. The molecule has 1 aliphatic heterocycles. The third-order valence-electron chi connectivity index (χ3n) is 5.04. The number of nitrogens with zero attached hydrogens (tertiary/aromatic N) is 3. The number of rotatable bonds is 7. The van der Waals surface area contributed by atoms with Crippen LogP contribution in [0.2, 0.25) is 0 Å². The zero-order valence-corrected chi connectivity index (χ0v) is 17.6. The minimum absolute atomic E-state index is 0.104. The number of hydrogen-bond donors (Lipinski definition) is 3. The van der Waals surface area contributed by atoms with E-state index < -0.39 is 11.8 Å². The van der Waals surface area contributed by atoms with E-state index in [0.29, 0.717) is 29.5 Å². The summed E-state index contributed by atoms with van der Waals surface area (Å²) in [6.45, 7) is 2.80. The molecule has 3 aromatic heterocycles. The monoisotopic (exact) mass is 448 g/mol. The molecule has 0 aliphatic carbocycles. The summed E-state index contributed by atoms with van der Waals surface area (Å²) in [6.07, 6.45) is 3.13. The number of furan rings is 1. The normalized spacial score (nSPS) is 12.0. The quantitative estimate of drug-likeness (QED) is 0.395. The first-order chi connectivity index (χ1) is 16.1. The molecule has 0 bridgehead atoms. The Morgan fingerprint density at radius 2 is 2.03 bits per heavy atom. The van der Waals surface area contributed by atoms with E-state index in [-0.39, 0.29) is 30.4 Å². The zero-order chi connectivity index (χ0) is 22.8. The number of carbonyl (C=O) groups is 2. The van der Waals surface area contributed by atoms with Crippen LogP contribution >= 0.6 is 0 Å². The fraction of sp³-hybridized carbons (Fsp3) is 0.182. The topological polar surface area (TPSA) is 136 Å². The van der Waals surface area contributed by atoms with Crippen LogP contribution in [0.4, 0.5) is 5.69 Å². The maximum absolute atomic E-state index is 12.9. The van der Waals surface area contributed by atoms with Crippen molar-refractivity contribution >= 4 is 17.5 Å². The van der Waals surface area contributed by atoms with Crippen LogP contribution in [0.15, 0.2) is 53.3 Å². The second-order valence-electron chi connectivity index (χ2n) is 7.20. The molecule has 5 rings (SSSR count). The molecule has 0 unspecified atom stereocenters. The molecule has 168 valence electrons. The predicted octanol–water partition coefficient (Wildman–Crippen LogP) is 2.80. The number of H-pyrrole nitrogens is 1. The van der Waals surface area contributed by atoms with Crippen molar-refractivity contribution in [1.29, 1.82) is 0 Å². The Balaban J connectivity index is 1.31. The number of fused-ring (bicyclic) bond motifs is 1. The molecule has 0 saturated carbocycles. The Morgan fingerprint density at radius 1 is 1.15 bits per heavy atom. The van der Waals surface area contributed by atoms with Crippen molar-refractivity contribution in [3.05, 3.63) is 66.0 Å². The smallest absolute Gasteiger partial charge is 0.274 e. The average Bonchev–Trinajstić information content (AvgIpc) is 3.62. The summed E-state index contributed by atoms with van der Waals surface area (Å²) in [4.78, 5) is 25.5. The minimum Gasteiger partial charge on any atom is -0.467 e. The molecule has 0 saturated heterocycles. The van der Waals surface area contributed by atoms with Gasteiger partial charge in [0.15, 0.2) is 17.2 Å². The second-order valence-corrected chi connectivity index (χ2v) is 7.20. The highest BCUT2D eigenvalue weighted by molar-refractivity contribution is 6.07. The van der Waals surface area contributed by atoms with E-state index >= 15 is 0 Å². The summed E-state index contributed by atoms with van der Waals surface area (Å²) >= 11 is 0. The molecule has 11 nitrogen and oxygen atoms in total. The van der Waals surface area contributed by atoms with Gasteiger partial charge in [-0.05, 0) is 43.3 Å². The van der Waals surface area contributed by atoms with Crippen molar-refractivity contribution in [1.82, 2.24) is 25.3 Å². The molecule has 33 heavy (non-hydrogen) atoms. The Hall–Kier alpha value is -4.54. The first kappa shape index (κ1) is 20.4. The number of aryl methyl sites for hydroxylation is 1. The van der Waals surface area contributed by atoms with Crippen LogP contribution in [0, 0.1) is 0 Å². The van der Waals surface area contributed by atoms with Gasteiger partial charge in [0, 0.05) is 18.3 Å². The van der Waals surface area contributed by atoms with E-state index in [1.165, 1.54) is 6.26 Å². The summed E-state index contributed by atoms with van der Waals surface area (Å²) < 4.78 is 17.5. The number of ether oxygens (including phenoxy) is 2. The number of hydrogen-bond acceptors (Lipinski definition) is 7. The average molecular weight is 448 g/mol. The molecule has 0 atom stereocenters. The predicted molar refractivity (Wildman–Crippen MR) is 116 cm³/mol. The second kappa shape index (κ2) is 8.54. The highest BCUT2D eigenvalue weighted by atomic mass is 16.7. The van der Waals surface area contributed by atoms with Crippen molar-refractivity contribution in [3.63, 3.8) is 0 Å². The SMILES string of the molecule is CCn1cc(NC(=O)c2cc(-c3ccc4c(c3)OCO4)n[nH]2)c(C(=O)NCc2ccco2)n1. The van der Waals surface area contributed by atoms with Crippen molar-refractivity contribution < 1.29 is 23.5 Å². The van der Waals surface area contributed by atoms with Crippen LogP contribution in [-0.2, 0) is 13.1 Å². The molecule has 11 heteroatoms. The van der Waals surface area contributed by atoms with Crippen molar-refractivity contribution in [2.45, 2.75) is 20.0 Å². The van der Waals surface area contributed by atoms with Crippen molar-refractivity contribution in [2.75, 3.05) is 12.1 Å². The lowest BCUT2D eigenvalue weighted by Gasteiger charge is -2.04. The number of aromatic amines is 1. The van der Waals surface area contributed by atoms with Gasteiger partial charge < -0.3 is 24.5 Å². The van der Waals surface area contributed by atoms with Crippen LogP contribution < -0.4 is 20.1 Å². The summed E-state index contributed by atoms with van der Waals surface area (Å²) in [6, 6.07) is 10.5. The lowest BCUT2D eigenvalue weighted by atomic mass is 10.1. The van der Waals surface area contributed by atoms with Crippen LogP contribution in [0.1, 0.15) is 33.7 Å². The summed E-state index contributed by atoms with van der Waals surface area (Å²) in [5.74, 6) is 1.01. The zero-order valence-electron chi connectivity index (χ0n) is 17.6. The van der Waals surface area contributed by atoms with Gasteiger partial charge in [0.2, 0.25) is 6.79 Å². The van der Waals surface area contributed by atoms with E-state index in [1.807, 2.05) is 13.0 Å². The van der Waals surface area contributed by atoms with Crippen LogP contribution in [0.3, 0.4) is 0 Å². The summed E-state index contributed by atoms with van der Waals surface area (Å²) in [5.41, 5.74) is 1.96. The van der Waals surface area contributed by atoms with Gasteiger partial charge in [0.25, 0.3) is 11.8 Å². The van der Waals surface area contributed by atoms with E-state index in [4.69, 9.17) is 13.9 Å². The fourth-order valence-corrected chi connectivity index (χ4v) is 3.34. The van der Waals surface area contributed by atoms with Gasteiger partial charge in [-0.1, -0.05) is 0 Å².